The molecule has 0 aromatic heterocycles. The fraction of sp³-hybridized carbons (Fsp3) is 0.143. The van der Waals surface area contributed by atoms with Crippen LogP contribution in [0.4, 0.5) is 8.78 Å². The Kier molecular flexibility index (Phi) is 4.02. The van der Waals surface area contributed by atoms with E-state index in [9.17, 15) is 8.78 Å². The lowest BCUT2D eigenvalue weighted by atomic mass is 9.99. The highest BCUT2D eigenvalue weighted by Gasteiger charge is 2.15. The Morgan fingerprint density at radius 2 is 1.89 bits per heavy atom. The van der Waals surface area contributed by atoms with Gasteiger partial charge in [-0.1, -0.05) is 23.7 Å². The molecule has 0 amide bonds. The van der Waals surface area contributed by atoms with E-state index in [0.717, 1.165) is 6.07 Å². The van der Waals surface area contributed by atoms with Crippen molar-refractivity contribution in [2.24, 2.45) is 5.73 Å². The van der Waals surface area contributed by atoms with Crippen molar-refractivity contribution in [3.63, 3.8) is 0 Å². The van der Waals surface area contributed by atoms with Gasteiger partial charge in [0.25, 0.3) is 0 Å². The van der Waals surface area contributed by atoms with Gasteiger partial charge in [0.1, 0.15) is 17.4 Å². The topological polar surface area (TPSA) is 35.2 Å². The fourth-order valence-corrected chi connectivity index (χ4v) is 2.00. The summed E-state index contributed by atoms with van der Waals surface area (Å²) in [6.45, 7) is 0. The zero-order chi connectivity index (χ0) is 14.0. The van der Waals surface area contributed by atoms with Gasteiger partial charge in [-0.05, 0) is 23.8 Å². The van der Waals surface area contributed by atoms with Crippen LogP contribution in [-0.2, 0) is 0 Å². The van der Waals surface area contributed by atoms with E-state index >= 15 is 0 Å². The van der Waals surface area contributed by atoms with Gasteiger partial charge in [0.2, 0.25) is 0 Å². The lowest BCUT2D eigenvalue weighted by Crippen LogP contribution is -2.14. The number of methoxy groups -OCH3 is 1. The van der Waals surface area contributed by atoms with Crippen LogP contribution < -0.4 is 10.5 Å². The van der Waals surface area contributed by atoms with E-state index in [2.05, 4.69) is 0 Å². The van der Waals surface area contributed by atoms with Gasteiger partial charge in [-0.25, -0.2) is 8.78 Å². The summed E-state index contributed by atoms with van der Waals surface area (Å²) in [4.78, 5) is 0. The van der Waals surface area contributed by atoms with Crippen molar-refractivity contribution in [3.8, 4) is 5.75 Å². The predicted octanol–water partition coefficient (Wildman–Crippen LogP) is 3.67. The van der Waals surface area contributed by atoms with E-state index in [1.165, 1.54) is 19.2 Å². The first kappa shape index (κ1) is 13.8. The molecule has 2 aromatic carbocycles. The van der Waals surface area contributed by atoms with Gasteiger partial charge in [-0.15, -0.1) is 0 Å². The van der Waals surface area contributed by atoms with Crippen LogP contribution in [-0.4, -0.2) is 7.11 Å². The maximum Gasteiger partial charge on any atom is 0.137 e. The molecule has 0 heterocycles. The second-order valence-corrected chi connectivity index (χ2v) is 4.44. The number of nitrogens with two attached hydrogens (primary N) is 1. The zero-order valence-corrected chi connectivity index (χ0v) is 10.9. The number of hydrogen-bond acceptors (Lipinski definition) is 2. The Hall–Kier alpha value is -1.65. The molecular formula is C14H12ClF2NO. The summed E-state index contributed by atoms with van der Waals surface area (Å²) in [7, 11) is 1.48. The smallest absolute Gasteiger partial charge is 0.137 e. The molecule has 1 atom stereocenters. The highest BCUT2D eigenvalue weighted by molar-refractivity contribution is 6.32. The highest BCUT2D eigenvalue weighted by Crippen LogP contribution is 2.30. The van der Waals surface area contributed by atoms with Crippen LogP contribution in [0.2, 0.25) is 5.02 Å². The Morgan fingerprint density at radius 3 is 2.53 bits per heavy atom. The van der Waals surface area contributed by atoms with Crippen LogP contribution in [0.25, 0.3) is 0 Å². The van der Waals surface area contributed by atoms with E-state index in [1.807, 2.05) is 0 Å². The molecule has 2 nitrogen and oxygen atoms in total. The fourth-order valence-electron chi connectivity index (χ4n) is 1.80. The van der Waals surface area contributed by atoms with Crippen molar-refractivity contribution in [1.82, 2.24) is 0 Å². The van der Waals surface area contributed by atoms with E-state index in [-0.39, 0.29) is 5.56 Å². The first-order valence-corrected chi connectivity index (χ1v) is 5.94. The zero-order valence-electron chi connectivity index (χ0n) is 10.2. The van der Waals surface area contributed by atoms with Crippen LogP contribution in [0, 0.1) is 11.6 Å². The molecule has 0 saturated heterocycles. The monoisotopic (exact) mass is 283 g/mol. The number of halogens is 3. The van der Waals surface area contributed by atoms with Gasteiger partial charge in [-0.2, -0.15) is 0 Å². The number of rotatable bonds is 3. The molecule has 5 heteroatoms. The van der Waals surface area contributed by atoms with Crippen LogP contribution in [0.3, 0.4) is 0 Å². The number of benzene rings is 2. The summed E-state index contributed by atoms with van der Waals surface area (Å²) < 4.78 is 31.6. The summed E-state index contributed by atoms with van der Waals surface area (Å²) in [5, 5.41) is 0.443. The molecule has 1 unspecified atom stereocenters. The maximum absolute atomic E-state index is 13.7. The average molecular weight is 284 g/mol. The molecule has 0 aliphatic carbocycles. The lowest BCUT2D eigenvalue weighted by Gasteiger charge is -2.15. The Morgan fingerprint density at radius 1 is 1.16 bits per heavy atom. The minimum absolute atomic E-state index is 0.214. The Bertz CT molecular complexity index is 604. The molecule has 0 radical (unpaired) electrons. The van der Waals surface area contributed by atoms with Crippen molar-refractivity contribution < 1.29 is 13.5 Å². The standard InChI is InChI=1S/C14H12ClF2NO/c1-19-13-6-8(2-5-11(13)15)14(18)10-4-3-9(16)7-12(10)17/h2-7,14H,18H2,1H3. The third-order valence-corrected chi connectivity index (χ3v) is 3.14. The van der Waals surface area contributed by atoms with E-state index in [0.29, 0.717) is 16.3 Å². The van der Waals surface area contributed by atoms with Gasteiger partial charge >= 0.3 is 0 Å². The van der Waals surface area contributed by atoms with Crippen molar-refractivity contribution >= 4 is 11.6 Å². The first-order chi connectivity index (χ1) is 9.02. The molecule has 100 valence electrons. The molecule has 19 heavy (non-hydrogen) atoms. The normalized spacial score (nSPS) is 12.3. The van der Waals surface area contributed by atoms with Crippen LogP contribution >= 0.6 is 11.6 Å². The molecule has 0 saturated carbocycles. The third-order valence-electron chi connectivity index (χ3n) is 2.83. The SMILES string of the molecule is COc1cc(C(N)c2ccc(F)cc2F)ccc1Cl. The van der Waals surface area contributed by atoms with Crippen molar-refractivity contribution in [2.45, 2.75) is 6.04 Å². The van der Waals surface area contributed by atoms with Crippen molar-refractivity contribution in [3.05, 3.63) is 64.2 Å². The van der Waals surface area contributed by atoms with Gasteiger partial charge in [0.05, 0.1) is 18.2 Å². The van der Waals surface area contributed by atoms with Gasteiger partial charge in [-0.3, -0.25) is 0 Å². The molecule has 0 aliphatic heterocycles. The average Bonchev–Trinajstić information content (AvgIpc) is 2.38. The second-order valence-electron chi connectivity index (χ2n) is 4.04. The quantitative estimate of drug-likeness (QED) is 0.933. The predicted molar refractivity (Wildman–Crippen MR) is 70.4 cm³/mol. The van der Waals surface area contributed by atoms with Gasteiger partial charge < -0.3 is 10.5 Å². The maximum atomic E-state index is 13.7. The van der Waals surface area contributed by atoms with Crippen LogP contribution in [0.15, 0.2) is 36.4 Å². The van der Waals surface area contributed by atoms with E-state index < -0.39 is 17.7 Å². The van der Waals surface area contributed by atoms with Gasteiger partial charge in [0, 0.05) is 11.6 Å². The minimum atomic E-state index is -0.716. The molecule has 2 rings (SSSR count). The molecule has 0 bridgehead atoms. The summed E-state index contributed by atoms with van der Waals surface area (Å²) in [6, 6.07) is 7.53. The van der Waals surface area contributed by atoms with Crippen LogP contribution in [0.5, 0.6) is 5.75 Å². The van der Waals surface area contributed by atoms with E-state index in [1.54, 1.807) is 18.2 Å². The van der Waals surface area contributed by atoms with E-state index in [4.69, 9.17) is 22.1 Å². The molecule has 0 spiro atoms. The van der Waals surface area contributed by atoms with Crippen LogP contribution in [0.1, 0.15) is 17.2 Å². The first-order valence-electron chi connectivity index (χ1n) is 5.57. The Balaban J connectivity index is 2.40. The summed E-state index contributed by atoms with van der Waals surface area (Å²) in [6.07, 6.45) is 0. The molecule has 0 aliphatic rings. The number of hydrogen-bond donors (Lipinski definition) is 1. The second kappa shape index (κ2) is 5.55. The molecule has 2 aromatic rings. The van der Waals surface area contributed by atoms with Crippen molar-refractivity contribution in [1.29, 1.82) is 0 Å². The highest BCUT2D eigenvalue weighted by atomic mass is 35.5. The summed E-state index contributed by atoms with van der Waals surface area (Å²) in [5.74, 6) is -0.860. The lowest BCUT2D eigenvalue weighted by molar-refractivity contribution is 0.414. The Labute approximate surface area is 114 Å². The molecule has 0 fully saturated rings. The third kappa shape index (κ3) is 2.85. The molecule has 2 N–H and O–H groups in total. The summed E-state index contributed by atoms with van der Waals surface area (Å²) >= 11 is 5.91. The summed E-state index contributed by atoms with van der Waals surface area (Å²) in [5.41, 5.74) is 6.82. The minimum Gasteiger partial charge on any atom is -0.495 e. The van der Waals surface area contributed by atoms with Gasteiger partial charge in [0.15, 0.2) is 0 Å². The molecular weight excluding hydrogens is 272 g/mol. The number of ether oxygens (including phenoxy) is 1. The van der Waals surface area contributed by atoms with Crippen molar-refractivity contribution in [2.75, 3.05) is 7.11 Å². The largest absolute Gasteiger partial charge is 0.495 e.